The monoisotopic (exact) mass is 270 g/mol. The number of benzene rings is 1. The number of alkyl halides is 3. The van der Waals surface area contributed by atoms with Gasteiger partial charge in [-0.05, 0) is 30.5 Å². The highest BCUT2D eigenvalue weighted by Gasteiger charge is 2.34. The first-order valence-corrected chi connectivity index (χ1v) is 6.17. The summed E-state index contributed by atoms with van der Waals surface area (Å²) in [5.41, 5.74) is -0.742. The van der Waals surface area contributed by atoms with Crippen molar-refractivity contribution in [2.75, 3.05) is 5.32 Å². The molecule has 0 amide bonds. The molecule has 0 fully saturated rings. The fraction of sp³-hybridized carbons (Fsp3) is 0.500. The zero-order valence-electron chi connectivity index (χ0n) is 11.2. The normalized spacial score (nSPS) is 13.2. The molecule has 2 nitrogen and oxygen atoms in total. The number of hydrogen-bond donors (Lipinski definition) is 1. The third-order valence-electron chi connectivity index (χ3n) is 3.04. The Bertz CT molecular complexity index is 473. The topological polar surface area (TPSA) is 35.8 Å². The molecule has 0 saturated carbocycles. The van der Waals surface area contributed by atoms with E-state index in [2.05, 4.69) is 5.32 Å². The van der Waals surface area contributed by atoms with Crippen molar-refractivity contribution in [3.8, 4) is 6.07 Å². The molecule has 1 atom stereocenters. The molecule has 0 spiro atoms. The van der Waals surface area contributed by atoms with Gasteiger partial charge in [0.15, 0.2) is 0 Å². The molecule has 1 aromatic rings. The van der Waals surface area contributed by atoms with Crippen LogP contribution in [-0.4, -0.2) is 6.04 Å². The highest BCUT2D eigenvalue weighted by molar-refractivity contribution is 5.56. The average molecular weight is 270 g/mol. The van der Waals surface area contributed by atoms with Crippen molar-refractivity contribution in [3.63, 3.8) is 0 Å². The second-order valence-corrected chi connectivity index (χ2v) is 4.77. The van der Waals surface area contributed by atoms with E-state index >= 15 is 0 Å². The summed E-state index contributed by atoms with van der Waals surface area (Å²) in [5, 5.41) is 11.6. The summed E-state index contributed by atoms with van der Waals surface area (Å²) in [5.74, 6) is 0.224. The first-order valence-electron chi connectivity index (χ1n) is 6.17. The quantitative estimate of drug-likeness (QED) is 0.878. The fourth-order valence-electron chi connectivity index (χ4n) is 1.91. The Morgan fingerprint density at radius 3 is 2.37 bits per heavy atom. The Labute approximate surface area is 111 Å². The van der Waals surface area contributed by atoms with E-state index in [1.807, 2.05) is 20.8 Å². The van der Waals surface area contributed by atoms with Gasteiger partial charge in [-0.3, -0.25) is 0 Å². The molecule has 104 valence electrons. The maximum atomic E-state index is 13.0. The van der Waals surface area contributed by atoms with Crippen LogP contribution in [0.3, 0.4) is 0 Å². The number of rotatable bonds is 4. The van der Waals surface area contributed by atoms with Crippen LogP contribution >= 0.6 is 0 Å². The highest BCUT2D eigenvalue weighted by atomic mass is 19.4. The lowest BCUT2D eigenvalue weighted by Crippen LogP contribution is -2.26. The van der Waals surface area contributed by atoms with Gasteiger partial charge >= 0.3 is 6.18 Å². The van der Waals surface area contributed by atoms with Gasteiger partial charge in [-0.2, -0.15) is 18.4 Å². The predicted molar refractivity (Wildman–Crippen MR) is 68.7 cm³/mol. The van der Waals surface area contributed by atoms with Crippen LogP contribution < -0.4 is 5.32 Å². The van der Waals surface area contributed by atoms with Crippen molar-refractivity contribution in [2.24, 2.45) is 5.92 Å². The van der Waals surface area contributed by atoms with E-state index < -0.39 is 11.7 Å². The molecular formula is C14H17F3N2. The third-order valence-corrected chi connectivity index (χ3v) is 3.04. The lowest BCUT2D eigenvalue weighted by molar-refractivity contribution is -0.137. The van der Waals surface area contributed by atoms with Crippen molar-refractivity contribution < 1.29 is 13.2 Å². The Hall–Kier alpha value is -1.70. The maximum Gasteiger partial charge on any atom is 0.418 e. The van der Waals surface area contributed by atoms with Gasteiger partial charge in [0.05, 0.1) is 17.2 Å². The first-order chi connectivity index (χ1) is 8.79. The number of nitrogens with one attached hydrogen (secondary N) is 1. The van der Waals surface area contributed by atoms with E-state index in [4.69, 9.17) is 5.26 Å². The van der Waals surface area contributed by atoms with Gasteiger partial charge < -0.3 is 5.32 Å². The summed E-state index contributed by atoms with van der Waals surface area (Å²) < 4.78 is 38.9. The van der Waals surface area contributed by atoms with E-state index in [-0.39, 0.29) is 23.2 Å². The van der Waals surface area contributed by atoms with E-state index in [0.717, 1.165) is 12.5 Å². The summed E-state index contributed by atoms with van der Waals surface area (Å²) in [6.45, 7) is 5.84. The largest absolute Gasteiger partial charge is 0.418 e. The molecule has 0 heterocycles. The smallest absolute Gasteiger partial charge is 0.382 e. The molecule has 1 unspecified atom stereocenters. The Balaban J connectivity index is 3.17. The zero-order chi connectivity index (χ0) is 14.6. The van der Waals surface area contributed by atoms with Gasteiger partial charge in [-0.15, -0.1) is 0 Å². The molecule has 1 aromatic carbocycles. The number of nitriles is 1. The molecule has 19 heavy (non-hydrogen) atoms. The number of nitrogens with zero attached hydrogens (tertiary/aromatic N) is 1. The van der Waals surface area contributed by atoms with Gasteiger partial charge in [0.25, 0.3) is 0 Å². The van der Waals surface area contributed by atoms with Crippen LogP contribution in [-0.2, 0) is 6.18 Å². The maximum absolute atomic E-state index is 13.0. The second kappa shape index (κ2) is 5.96. The van der Waals surface area contributed by atoms with Crippen LogP contribution in [0.4, 0.5) is 18.9 Å². The molecule has 0 aliphatic heterocycles. The minimum absolute atomic E-state index is 0.00969. The first kappa shape index (κ1) is 15.4. The van der Waals surface area contributed by atoms with Crippen molar-refractivity contribution in [1.29, 1.82) is 5.26 Å². The summed E-state index contributed by atoms with van der Waals surface area (Å²) in [7, 11) is 0. The molecule has 0 bridgehead atoms. The van der Waals surface area contributed by atoms with Gasteiger partial charge in [-0.1, -0.05) is 20.8 Å². The van der Waals surface area contributed by atoms with Crippen LogP contribution in [0.25, 0.3) is 0 Å². The second-order valence-electron chi connectivity index (χ2n) is 4.77. The van der Waals surface area contributed by atoms with Crippen molar-refractivity contribution in [2.45, 2.75) is 39.4 Å². The zero-order valence-corrected chi connectivity index (χ0v) is 11.2. The molecule has 1 N–H and O–H groups in total. The summed E-state index contributed by atoms with van der Waals surface area (Å²) in [6.07, 6.45) is -3.74. The standard InChI is InChI=1S/C14H17F3N2/c1-4-12(9(2)3)19-13-6-5-10(8-18)7-11(13)14(15,16)17/h5-7,9,12,19H,4H2,1-3H3. The van der Waals surface area contributed by atoms with Crippen LogP contribution in [0, 0.1) is 17.2 Å². The number of halogens is 3. The van der Waals surface area contributed by atoms with E-state index in [0.29, 0.717) is 0 Å². The summed E-state index contributed by atoms with van der Waals surface area (Å²) >= 11 is 0. The fourth-order valence-corrected chi connectivity index (χ4v) is 1.91. The Morgan fingerprint density at radius 2 is 1.95 bits per heavy atom. The third kappa shape index (κ3) is 3.88. The molecule has 0 aliphatic carbocycles. The van der Waals surface area contributed by atoms with Crippen molar-refractivity contribution in [1.82, 2.24) is 0 Å². The molecule has 0 saturated heterocycles. The molecular weight excluding hydrogens is 253 g/mol. The van der Waals surface area contributed by atoms with E-state index in [1.54, 1.807) is 6.07 Å². The minimum atomic E-state index is -4.47. The van der Waals surface area contributed by atoms with Gasteiger partial charge in [-0.25, -0.2) is 0 Å². The number of hydrogen-bond acceptors (Lipinski definition) is 2. The minimum Gasteiger partial charge on any atom is -0.382 e. The summed E-state index contributed by atoms with van der Waals surface area (Å²) in [4.78, 5) is 0. The molecule has 0 aliphatic rings. The Morgan fingerprint density at radius 1 is 1.32 bits per heavy atom. The van der Waals surface area contributed by atoms with Gasteiger partial charge in [0.2, 0.25) is 0 Å². The Kier molecular flexibility index (Phi) is 4.82. The lowest BCUT2D eigenvalue weighted by atomic mass is 10.00. The SMILES string of the molecule is CCC(Nc1ccc(C#N)cc1C(F)(F)F)C(C)C. The molecule has 5 heteroatoms. The highest BCUT2D eigenvalue weighted by Crippen LogP contribution is 2.36. The average Bonchev–Trinajstić information content (AvgIpc) is 2.34. The molecule has 0 aromatic heterocycles. The molecule has 0 radical (unpaired) electrons. The van der Waals surface area contributed by atoms with Crippen LogP contribution in [0.15, 0.2) is 18.2 Å². The van der Waals surface area contributed by atoms with Crippen LogP contribution in [0.5, 0.6) is 0 Å². The van der Waals surface area contributed by atoms with Crippen molar-refractivity contribution in [3.05, 3.63) is 29.3 Å². The lowest BCUT2D eigenvalue weighted by Gasteiger charge is -2.24. The van der Waals surface area contributed by atoms with E-state index in [9.17, 15) is 13.2 Å². The van der Waals surface area contributed by atoms with Crippen molar-refractivity contribution >= 4 is 5.69 Å². The molecule has 1 rings (SSSR count). The summed E-state index contributed by atoms with van der Waals surface area (Å²) in [6, 6.07) is 5.30. The van der Waals surface area contributed by atoms with E-state index in [1.165, 1.54) is 12.1 Å². The van der Waals surface area contributed by atoms with Crippen LogP contribution in [0.2, 0.25) is 0 Å². The number of anilines is 1. The van der Waals surface area contributed by atoms with Gasteiger partial charge in [0.1, 0.15) is 0 Å². The predicted octanol–water partition coefficient (Wildman–Crippen LogP) is 4.42. The van der Waals surface area contributed by atoms with Gasteiger partial charge in [0, 0.05) is 11.7 Å². The van der Waals surface area contributed by atoms with Crippen LogP contribution in [0.1, 0.15) is 38.3 Å².